The van der Waals surface area contributed by atoms with Gasteiger partial charge in [-0.3, -0.25) is 0 Å². The molecule has 1 aliphatic heterocycles. The second-order valence-corrected chi connectivity index (χ2v) is 7.60. The van der Waals surface area contributed by atoms with E-state index in [1.54, 1.807) is 11.8 Å². The zero-order valence-corrected chi connectivity index (χ0v) is 15.5. The van der Waals surface area contributed by atoms with Gasteiger partial charge in [0.25, 0.3) is 0 Å². The Hall–Kier alpha value is -0.720. The molecule has 0 spiro atoms. The topological polar surface area (TPSA) is 53.1 Å². The second-order valence-electron chi connectivity index (χ2n) is 6.42. The maximum Gasteiger partial charge on any atom is 0.229 e. The van der Waals surface area contributed by atoms with Gasteiger partial charge in [0.1, 0.15) is 11.0 Å². The third kappa shape index (κ3) is 4.03. The molecule has 128 valence electrons. The number of aromatic nitrogens is 2. The summed E-state index contributed by atoms with van der Waals surface area (Å²) < 4.78 is 0. The summed E-state index contributed by atoms with van der Waals surface area (Å²) in [5.74, 6) is 1.66. The molecule has 0 amide bonds. The van der Waals surface area contributed by atoms with E-state index in [0.29, 0.717) is 17.2 Å². The minimum Gasteiger partial charge on any atom is -0.366 e. The first-order valence-electron chi connectivity index (χ1n) is 8.54. The Morgan fingerprint density at radius 2 is 2.04 bits per heavy atom. The highest BCUT2D eigenvalue weighted by molar-refractivity contribution is 7.98. The maximum absolute atomic E-state index is 6.47. The van der Waals surface area contributed by atoms with Crippen LogP contribution >= 0.6 is 23.4 Å². The first-order chi connectivity index (χ1) is 11.2. The fourth-order valence-electron chi connectivity index (χ4n) is 3.40. The van der Waals surface area contributed by atoms with Crippen LogP contribution in [0.15, 0.2) is 4.90 Å². The molecule has 23 heavy (non-hydrogen) atoms. The summed E-state index contributed by atoms with van der Waals surface area (Å²) in [5, 5.41) is 7.60. The fraction of sp³-hybridized carbons (Fsp3) is 0.750. The molecule has 2 heterocycles. The highest BCUT2D eigenvalue weighted by Gasteiger charge is 2.24. The summed E-state index contributed by atoms with van der Waals surface area (Å²) >= 11 is 8.08. The smallest absolute Gasteiger partial charge is 0.229 e. The molecule has 2 aliphatic rings. The van der Waals surface area contributed by atoms with Crippen molar-refractivity contribution in [3.05, 3.63) is 5.15 Å². The van der Waals surface area contributed by atoms with Crippen molar-refractivity contribution in [3.8, 4) is 0 Å². The Morgan fingerprint density at radius 3 is 2.74 bits per heavy atom. The molecular formula is C16H26ClN5S. The van der Waals surface area contributed by atoms with Gasteiger partial charge in [0.15, 0.2) is 0 Å². The molecule has 7 heteroatoms. The van der Waals surface area contributed by atoms with Crippen LogP contribution in [0.4, 0.5) is 11.8 Å². The minimum absolute atomic E-state index is 0.377. The molecule has 0 radical (unpaired) electrons. The van der Waals surface area contributed by atoms with Crippen LogP contribution < -0.4 is 15.5 Å². The number of anilines is 2. The largest absolute Gasteiger partial charge is 0.366 e. The van der Waals surface area contributed by atoms with Gasteiger partial charge in [-0.15, -0.1) is 11.8 Å². The number of thioether (sulfide) groups is 1. The molecule has 2 N–H and O–H groups in total. The average molecular weight is 356 g/mol. The van der Waals surface area contributed by atoms with Crippen molar-refractivity contribution in [1.82, 2.24) is 15.3 Å². The summed E-state index contributed by atoms with van der Waals surface area (Å²) in [7, 11) is 0. The third-order valence-corrected chi connectivity index (χ3v) is 5.90. The van der Waals surface area contributed by atoms with Crippen molar-refractivity contribution in [1.29, 1.82) is 0 Å². The van der Waals surface area contributed by atoms with Crippen molar-refractivity contribution < 1.29 is 0 Å². The maximum atomic E-state index is 6.47. The van der Waals surface area contributed by atoms with Crippen LogP contribution in [0.2, 0.25) is 5.15 Å². The minimum atomic E-state index is 0.377. The number of rotatable bonds is 4. The summed E-state index contributed by atoms with van der Waals surface area (Å²) in [4.78, 5) is 12.6. The standard InChI is InChI=1S/C16H26ClN5S/c1-11-10-18-8-9-22(11)16-20-14(17)13(23-2)15(21-16)19-12-6-4-3-5-7-12/h11-12,18H,3-10H2,1-2H3,(H,19,20,21). The number of piperazine rings is 1. The molecule has 5 nitrogen and oxygen atoms in total. The van der Waals surface area contributed by atoms with Gasteiger partial charge in [0, 0.05) is 31.7 Å². The van der Waals surface area contributed by atoms with Crippen molar-refractivity contribution in [2.24, 2.45) is 0 Å². The Kier molecular flexibility index (Phi) is 5.88. The quantitative estimate of drug-likeness (QED) is 0.637. The van der Waals surface area contributed by atoms with E-state index in [2.05, 4.69) is 27.4 Å². The second kappa shape index (κ2) is 7.90. The number of hydrogen-bond donors (Lipinski definition) is 2. The predicted molar refractivity (Wildman–Crippen MR) is 99.0 cm³/mol. The van der Waals surface area contributed by atoms with Gasteiger partial charge in [0.2, 0.25) is 5.95 Å². The van der Waals surface area contributed by atoms with Crippen LogP contribution in [0.1, 0.15) is 39.0 Å². The van der Waals surface area contributed by atoms with Gasteiger partial charge < -0.3 is 15.5 Å². The lowest BCUT2D eigenvalue weighted by Crippen LogP contribution is -2.50. The molecule has 0 bridgehead atoms. The van der Waals surface area contributed by atoms with Crippen LogP contribution in [0.25, 0.3) is 0 Å². The molecule has 1 saturated carbocycles. The summed E-state index contributed by atoms with van der Waals surface area (Å²) in [6.07, 6.45) is 8.41. The monoisotopic (exact) mass is 355 g/mol. The lowest BCUT2D eigenvalue weighted by Gasteiger charge is -2.34. The van der Waals surface area contributed by atoms with Crippen molar-refractivity contribution in [3.63, 3.8) is 0 Å². The van der Waals surface area contributed by atoms with E-state index in [0.717, 1.165) is 36.3 Å². The molecule has 1 atom stereocenters. The van der Waals surface area contributed by atoms with Gasteiger partial charge in [-0.05, 0) is 26.0 Å². The number of nitrogens with zero attached hydrogens (tertiary/aromatic N) is 3. The number of hydrogen-bond acceptors (Lipinski definition) is 6. The predicted octanol–water partition coefficient (Wildman–Crippen LogP) is 3.39. The number of nitrogens with one attached hydrogen (secondary N) is 2. The van der Waals surface area contributed by atoms with E-state index >= 15 is 0 Å². The average Bonchev–Trinajstić information content (AvgIpc) is 2.56. The lowest BCUT2D eigenvalue weighted by atomic mass is 9.95. The third-order valence-electron chi connectivity index (χ3n) is 4.72. The van der Waals surface area contributed by atoms with Crippen LogP contribution in [-0.4, -0.2) is 47.9 Å². The van der Waals surface area contributed by atoms with Crippen LogP contribution in [0.3, 0.4) is 0 Å². The lowest BCUT2D eigenvalue weighted by molar-refractivity contribution is 0.460. The molecule has 1 aromatic heterocycles. The molecule has 1 saturated heterocycles. The van der Waals surface area contributed by atoms with Crippen molar-refractivity contribution >= 4 is 35.1 Å². The molecule has 0 aromatic carbocycles. The first-order valence-corrected chi connectivity index (χ1v) is 10.1. The summed E-state index contributed by atoms with van der Waals surface area (Å²) in [6.45, 7) is 5.02. The van der Waals surface area contributed by atoms with Crippen LogP contribution in [0.5, 0.6) is 0 Å². The normalized spacial score (nSPS) is 23.1. The Labute approximate surface area is 148 Å². The van der Waals surface area contributed by atoms with E-state index < -0.39 is 0 Å². The Morgan fingerprint density at radius 1 is 1.26 bits per heavy atom. The zero-order valence-electron chi connectivity index (χ0n) is 13.9. The van der Waals surface area contributed by atoms with Crippen LogP contribution in [0, 0.1) is 0 Å². The molecular weight excluding hydrogens is 330 g/mol. The van der Waals surface area contributed by atoms with E-state index in [1.165, 1.54) is 32.1 Å². The zero-order chi connectivity index (χ0) is 16.2. The van der Waals surface area contributed by atoms with Gasteiger partial charge >= 0.3 is 0 Å². The van der Waals surface area contributed by atoms with E-state index in [4.69, 9.17) is 16.6 Å². The van der Waals surface area contributed by atoms with Crippen LogP contribution in [-0.2, 0) is 0 Å². The highest BCUT2D eigenvalue weighted by Crippen LogP contribution is 2.34. The molecule has 1 unspecified atom stereocenters. The van der Waals surface area contributed by atoms with Crippen molar-refractivity contribution in [2.45, 2.75) is 56.0 Å². The first kappa shape index (κ1) is 17.1. The Bertz CT molecular complexity index is 535. The highest BCUT2D eigenvalue weighted by atomic mass is 35.5. The molecule has 1 aromatic rings. The van der Waals surface area contributed by atoms with Gasteiger partial charge in [0.05, 0.1) is 4.90 Å². The molecule has 2 fully saturated rings. The Balaban J connectivity index is 1.86. The van der Waals surface area contributed by atoms with Gasteiger partial charge in [-0.2, -0.15) is 9.97 Å². The van der Waals surface area contributed by atoms with Gasteiger partial charge in [-0.1, -0.05) is 30.9 Å². The van der Waals surface area contributed by atoms with Gasteiger partial charge in [-0.25, -0.2) is 0 Å². The van der Waals surface area contributed by atoms with E-state index in [9.17, 15) is 0 Å². The molecule has 1 aliphatic carbocycles. The van der Waals surface area contributed by atoms with Crippen molar-refractivity contribution in [2.75, 3.05) is 36.1 Å². The number of halogens is 1. The summed E-state index contributed by atoms with van der Waals surface area (Å²) in [5.41, 5.74) is 0. The van der Waals surface area contributed by atoms with E-state index in [1.807, 2.05) is 6.26 Å². The fourth-order valence-corrected chi connectivity index (χ4v) is 4.31. The SMILES string of the molecule is CSc1c(Cl)nc(N2CCNCC2C)nc1NC1CCCCC1. The van der Waals surface area contributed by atoms with E-state index in [-0.39, 0.29) is 0 Å². The molecule has 3 rings (SSSR count). The summed E-state index contributed by atoms with van der Waals surface area (Å²) in [6, 6.07) is 0.886.